The number of hydrogen-bond acceptors (Lipinski definition) is 4. The van der Waals surface area contributed by atoms with Crippen LogP contribution in [-0.4, -0.2) is 27.5 Å². The van der Waals surface area contributed by atoms with Crippen molar-refractivity contribution in [1.82, 2.24) is 9.78 Å². The molecule has 0 aliphatic carbocycles. The van der Waals surface area contributed by atoms with Crippen LogP contribution < -0.4 is 11.1 Å². The summed E-state index contributed by atoms with van der Waals surface area (Å²) in [6, 6.07) is 0.0252. The summed E-state index contributed by atoms with van der Waals surface area (Å²) < 4.78 is 1.77. The first-order chi connectivity index (χ1) is 8.49. The summed E-state index contributed by atoms with van der Waals surface area (Å²) in [6.45, 7) is 6.49. The molecule has 0 aliphatic heterocycles. The molecule has 1 aromatic heterocycles. The number of nitrogens with two attached hydrogens (primary N) is 1. The lowest BCUT2D eigenvalue weighted by atomic mass is 10.0. The standard InChI is InChI=1S/C13H26N4O/c1-5-6-11-12(14)13(17(4)16-11)15-10(8-18)7-9(2)3/h9-10,15,18H,5-8,14H2,1-4H3. The first-order valence-corrected chi connectivity index (χ1v) is 6.68. The molecule has 0 saturated carbocycles. The van der Waals surface area contributed by atoms with Crippen molar-refractivity contribution in [3.63, 3.8) is 0 Å². The lowest BCUT2D eigenvalue weighted by Crippen LogP contribution is -2.27. The topological polar surface area (TPSA) is 76.1 Å². The summed E-state index contributed by atoms with van der Waals surface area (Å²) in [5.74, 6) is 1.34. The van der Waals surface area contributed by atoms with E-state index in [1.807, 2.05) is 7.05 Å². The van der Waals surface area contributed by atoms with Gasteiger partial charge in [0.1, 0.15) is 5.82 Å². The molecule has 0 saturated heterocycles. The van der Waals surface area contributed by atoms with Crippen LogP contribution in [0.15, 0.2) is 0 Å². The van der Waals surface area contributed by atoms with E-state index in [2.05, 4.69) is 31.2 Å². The molecule has 4 N–H and O–H groups in total. The molecule has 1 heterocycles. The van der Waals surface area contributed by atoms with Crippen molar-refractivity contribution in [2.24, 2.45) is 13.0 Å². The van der Waals surface area contributed by atoms with Crippen LogP contribution in [0.4, 0.5) is 11.5 Å². The Balaban J connectivity index is 2.82. The Hall–Kier alpha value is -1.23. The third-order valence-electron chi connectivity index (χ3n) is 2.96. The quantitative estimate of drug-likeness (QED) is 0.693. The van der Waals surface area contributed by atoms with Crippen molar-refractivity contribution in [2.75, 3.05) is 17.7 Å². The number of anilines is 2. The molecule has 0 amide bonds. The van der Waals surface area contributed by atoms with Crippen LogP contribution in [0.2, 0.25) is 0 Å². The predicted molar refractivity (Wildman–Crippen MR) is 75.6 cm³/mol. The van der Waals surface area contributed by atoms with Gasteiger partial charge in [-0.1, -0.05) is 27.2 Å². The minimum atomic E-state index is 0.0252. The van der Waals surface area contributed by atoms with E-state index in [4.69, 9.17) is 5.73 Å². The highest BCUT2D eigenvalue weighted by atomic mass is 16.3. The van der Waals surface area contributed by atoms with Gasteiger partial charge in [0, 0.05) is 7.05 Å². The van der Waals surface area contributed by atoms with Crippen LogP contribution in [-0.2, 0) is 13.5 Å². The molecule has 104 valence electrons. The summed E-state index contributed by atoms with van der Waals surface area (Å²) in [4.78, 5) is 0. The van der Waals surface area contributed by atoms with Crippen molar-refractivity contribution < 1.29 is 5.11 Å². The molecule has 1 rings (SSSR count). The first kappa shape index (κ1) is 14.8. The van der Waals surface area contributed by atoms with Gasteiger partial charge in [-0.3, -0.25) is 4.68 Å². The number of rotatable bonds is 7. The summed E-state index contributed by atoms with van der Waals surface area (Å²) in [5, 5.41) is 17.1. The van der Waals surface area contributed by atoms with E-state index in [0.29, 0.717) is 11.6 Å². The van der Waals surface area contributed by atoms with Gasteiger partial charge in [0.05, 0.1) is 24.0 Å². The molecule has 18 heavy (non-hydrogen) atoms. The number of aliphatic hydroxyl groups is 1. The molecule has 5 nitrogen and oxygen atoms in total. The van der Waals surface area contributed by atoms with Gasteiger partial charge >= 0.3 is 0 Å². The number of aryl methyl sites for hydroxylation is 2. The Morgan fingerprint density at radius 1 is 1.44 bits per heavy atom. The van der Waals surface area contributed by atoms with Gasteiger partial charge in [-0.05, 0) is 18.8 Å². The minimum Gasteiger partial charge on any atom is -0.394 e. The molecule has 5 heteroatoms. The van der Waals surface area contributed by atoms with E-state index in [1.165, 1.54) is 0 Å². The first-order valence-electron chi connectivity index (χ1n) is 6.68. The van der Waals surface area contributed by atoms with Gasteiger partial charge < -0.3 is 16.2 Å². The molecule has 1 unspecified atom stereocenters. The van der Waals surface area contributed by atoms with E-state index in [9.17, 15) is 5.11 Å². The number of aliphatic hydroxyl groups excluding tert-OH is 1. The Bertz CT molecular complexity index is 373. The highest BCUT2D eigenvalue weighted by Crippen LogP contribution is 2.24. The fourth-order valence-electron chi connectivity index (χ4n) is 2.13. The zero-order valence-electron chi connectivity index (χ0n) is 11.9. The third kappa shape index (κ3) is 3.63. The molecule has 0 aromatic carbocycles. The van der Waals surface area contributed by atoms with E-state index in [-0.39, 0.29) is 12.6 Å². The fraction of sp³-hybridized carbons (Fsp3) is 0.769. The van der Waals surface area contributed by atoms with Crippen LogP contribution in [0.25, 0.3) is 0 Å². The Kier molecular flexibility index (Phi) is 5.47. The average molecular weight is 254 g/mol. The van der Waals surface area contributed by atoms with Gasteiger partial charge in [0.2, 0.25) is 0 Å². The molecule has 1 atom stereocenters. The molecular weight excluding hydrogens is 228 g/mol. The number of aromatic nitrogens is 2. The second kappa shape index (κ2) is 6.64. The van der Waals surface area contributed by atoms with Crippen molar-refractivity contribution >= 4 is 11.5 Å². The third-order valence-corrected chi connectivity index (χ3v) is 2.96. The van der Waals surface area contributed by atoms with Crippen molar-refractivity contribution in [3.05, 3.63) is 5.69 Å². The maximum absolute atomic E-state index is 9.40. The number of nitrogens with zero attached hydrogens (tertiary/aromatic N) is 2. The predicted octanol–water partition coefficient (Wildman–Crippen LogP) is 1.77. The number of nitrogens with one attached hydrogen (secondary N) is 1. The maximum atomic E-state index is 9.40. The van der Waals surface area contributed by atoms with Crippen molar-refractivity contribution in [1.29, 1.82) is 0 Å². The second-order valence-electron chi connectivity index (χ2n) is 5.24. The van der Waals surface area contributed by atoms with E-state index >= 15 is 0 Å². The second-order valence-corrected chi connectivity index (χ2v) is 5.24. The van der Waals surface area contributed by atoms with Crippen molar-refractivity contribution in [3.8, 4) is 0 Å². The Labute approximate surface area is 109 Å². The van der Waals surface area contributed by atoms with Gasteiger partial charge in [-0.2, -0.15) is 5.10 Å². The van der Waals surface area contributed by atoms with Crippen molar-refractivity contribution in [2.45, 2.75) is 46.1 Å². The average Bonchev–Trinajstić information content (AvgIpc) is 2.56. The number of hydrogen-bond donors (Lipinski definition) is 3. The van der Waals surface area contributed by atoms with Crippen LogP contribution in [0.3, 0.4) is 0 Å². The molecular formula is C13H26N4O. The molecule has 0 fully saturated rings. The fourth-order valence-corrected chi connectivity index (χ4v) is 2.13. The monoisotopic (exact) mass is 254 g/mol. The van der Waals surface area contributed by atoms with Gasteiger partial charge in [0.25, 0.3) is 0 Å². The summed E-state index contributed by atoms with van der Waals surface area (Å²) >= 11 is 0. The highest BCUT2D eigenvalue weighted by Gasteiger charge is 2.17. The van der Waals surface area contributed by atoms with E-state index in [0.717, 1.165) is 30.8 Å². The van der Waals surface area contributed by atoms with E-state index < -0.39 is 0 Å². The SMILES string of the molecule is CCCc1nn(C)c(NC(CO)CC(C)C)c1N. The van der Waals surface area contributed by atoms with Crippen LogP contribution >= 0.6 is 0 Å². The smallest absolute Gasteiger partial charge is 0.148 e. The minimum absolute atomic E-state index is 0.0252. The largest absolute Gasteiger partial charge is 0.394 e. The molecule has 1 aromatic rings. The normalized spacial score (nSPS) is 13.0. The number of nitrogen functional groups attached to an aromatic ring is 1. The van der Waals surface area contributed by atoms with Crippen LogP contribution in [0, 0.1) is 5.92 Å². The Morgan fingerprint density at radius 3 is 2.61 bits per heavy atom. The molecule has 0 aliphatic rings. The maximum Gasteiger partial charge on any atom is 0.148 e. The van der Waals surface area contributed by atoms with Crippen LogP contribution in [0.1, 0.15) is 39.3 Å². The zero-order chi connectivity index (χ0) is 13.7. The summed E-state index contributed by atoms with van der Waals surface area (Å²) in [6.07, 6.45) is 2.82. The van der Waals surface area contributed by atoms with Gasteiger partial charge in [-0.25, -0.2) is 0 Å². The Morgan fingerprint density at radius 2 is 2.11 bits per heavy atom. The van der Waals surface area contributed by atoms with Crippen LogP contribution in [0.5, 0.6) is 0 Å². The highest BCUT2D eigenvalue weighted by molar-refractivity contribution is 5.65. The molecule has 0 spiro atoms. The lowest BCUT2D eigenvalue weighted by Gasteiger charge is -2.19. The molecule has 0 bridgehead atoms. The van der Waals surface area contributed by atoms with Gasteiger partial charge in [-0.15, -0.1) is 0 Å². The molecule has 0 radical (unpaired) electrons. The van der Waals surface area contributed by atoms with E-state index in [1.54, 1.807) is 4.68 Å². The summed E-state index contributed by atoms with van der Waals surface area (Å²) in [5.41, 5.74) is 7.74. The zero-order valence-corrected chi connectivity index (χ0v) is 11.9. The van der Waals surface area contributed by atoms with Gasteiger partial charge in [0.15, 0.2) is 0 Å². The summed E-state index contributed by atoms with van der Waals surface area (Å²) in [7, 11) is 1.88. The lowest BCUT2D eigenvalue weighted by molar-refractivity contribution is 0.259.